The van der Waals surface area contributed by atoms with Gasteiger partial charge in [0.05, 0.1) is 12.7 Å². The van der Waals surface area contributed by atoms with Crippen molar-refractivity contribution in [1.29, 1.82) is 0 Å². The van der Waals surface area contributed by atoms with Crippen molar-refractivity contribution in [3.63, 3.8) is 0 Å². The number of ether oxygens (including phenoxy) is 2. The van der Waals surface area contributed by atoms with E-state index in [0.717, 1.165) is 42.6 Å². The third kappa shape index (κ3) is 5.44. The Kier molecular flexibility index (Phi) is 6.67. The van der Waals surface area contributed by atoms with Crippen LogP contribution in [0, 0.1) is 23.6 Å². The lowest BCUT2D eigenvalue weighted by Gasteiger charge is -2.56. The second kappa shape index (κ2) is 9.88. The Morgan fingerprint density at radius 2 is 1.57 bits per heavy atom. The van der Waals surface area contributed by atoms with Gasteiger partial charge in [-0.2, -0.15) is 0 Å². The van der Waals surface area contributed by atoms with Gasteiger partial charge in [-0.3, -0.25) is 0 Å². The van der Waals surface area contributed by atoms with Crippen molar-refractivity contribution < 1.29 is 23.5 Å². The van der Waals surface area contributed by atoms with Gasteiger partial charge in [0, 0.05) is 18.5 Å². The number of amides is 2. The van der Waals surface area contributed by atoms with Crippen LogP contribution >= 0.6 is 0 Å². The summed E-state index contributed by atoms with van der Waals surface area (Å²) in [4.78, 5) is 24.6. The zero-order valence-electron chi connectivity index (χ0n) is 20.1. The molecule has 0 aliphatic heterocycles. The number of halogens is 1. The minimum atomic E-state index is -0.407. The average molecular weight is 481 g/mol. The smallest absolute Gasteiger partial charge is 0.337 e. The molecule has 4 aliphatic carbocycles. The topological polar surface area (TPSA) is 76.7 Å². The molecule has 4 aliphatic rings. The number of nitrogens with one attached hydrogen (secondary N) is 2. The lowest BCUT2D eigenvalue weighted by molar-refractivity contribution is -0.0135. The Labute approximate surface area is 205 Å². The highest BCUT2D eigenvalue weighted by molar-refractivity contribution is 5.89. The van der Waals surface area contributed by atoms with Crippen molar-refractivity contribution in [2.75, 3.05) is 13.7 Å². The van der Waals surface area contributed by atoms with E-state index in [2.05, 4.69) is 10.6 Å². The number of carbonyl (C=O) groups is 2. The third-order valence-electron chi connectivity index (χ3n) is 7.90. The van der Waals surface area contributed by atoms with E-state index in [1.807, 2.05) is 12.1 Å². The SMILES string of the molecule is COC(=O)c1ccc(C(CCNC(=O)NC23CC4CC(CC(C4)C2)C3)Oc2ccc(F)cc2)cc1. The van der Waals surface area contributed by atoms with Gasteiger partial charge in [0.1, 0.15) is 17.7 Å². The zero-order valence-corrected chi connectivity index (χ0v) is 20.1. The van der Waals surface area contributed by atoms with Crippen LogP contribution < -0.4 is 15.4 Å². The molecule has 4 saturated carbocycles. The molecule has 2 aromatic carbocycles. The van der Waals surface area contributed by atoms with E-state index in [1.54, 1.807) is 24.3 Å². The molecular formula is C28H33FN2O4. The summed E-state index contributed by atoms with van der Waals surface area (Å²) in [5.74, 6) is 2.09. The second-order valence-corrected chi connectivity index (χ2v) is 10.5. The molecule has 1 unspecified atom stereocenters. The number of rotatable bonds is 8. The van der Waals surface area contributed by atoms with E-state index in [1.165, 1.54) is 38.5 Å². The normalized spacial score (nSPS) is 27.2. The number of hydrogen-bond donors (Lipinski definition) is 2. The van der Waals surface area contributed by atoms with E-state index in [-0.39, 0.29) is 23.5 Å². The van der Waals surface area contributed by atoms with Gasteiger partial charge in [0.25, 0.3) is 0 Å². The van der Waals surface area contributed by atoms with Crippen molar-refractivity contribution in [2.45, 2.75) is 56.6 Å². The van der Waals surface area contributed by atoms with Crippen molar-refractivity contribution in [1.82, 2.24) is 10.6 Å². The highest BCUT2D eigenvalue weighted by atomic mass is 19.1. The molecule has 1 atom stereocenters. The first-order valence-electron chi connectivity index (χ1n) is 12.6. The molecule has 2 amide bonds. The minimum absolute atomic E-state index is 0.0352. The Bertz CT molecular complexity index is 1020. The number of urea groups is 1. The fraction of sp³-hybridized carbons (Fsp3) is 0.500. The van der Waals surface area contributed by atoms with E-state index < -0.39 is 5.97 Å². The summed E-state index contributed by atoms with van der Waals surface area (Å²) in [6.45, 7) is 0.419. The quantitative estimate of drug-likeness (QED) is 0.497. The molecule has 2 N–H and O–H groups in total. The summed E-state index contributed by atoms with van der Waals surface area (Å²) in [6, 6.07) is 12.8. The standard InChI is InChI=1S/C28H33FN2O4/c1-34-26(32)22-4-2-21(3-5-22)25(35-24-8-6-23(29)7-9-24)10-11-30-27(33)31-28-15-18-12-19(16-28)14-20(13-18)17-28/h2-9,18-20,25H,10-17H2,1H3,(H2,30,31,33). The predicted molar refractivity (Wildman–Crippen MR) is 130 cm³/mol. The van der Waals surface area contributed by atoms with Gasteiger partial charge in [0.15, 0.2) is 0 Å². The molecule has 186 valence electrons. The van der Waals surface area contributed by atoms with Crippen LogP contribution in [0.4, 0.5) is 9.18 Å². The fourth-order valence-electron chi connectivity index (χ4n) is 6.79. The molecule has 0 aromatic heterocycles. The molecule has 2 aromatic rings. The Hall–Kier alpha value is -3.09. The van der Waals surface area contributed by atoms with Crippen LogP contribution in [0.1, 0.15) is 67.0 Å². The van der Waals surface area contributed by atoms with Crippen LogP contribution in [0.3, 0.4) is 0 Å². The van der Waals surface area contributed by atoms with E-state index >= 15 is 0 Å². The largest absolute Gasteiger partial charge is 0.486 e. The fourth-order valence-corrected chi connectivity index (χ4v) is 6.79. The summed E-state index contributed by atoms with van der Waals surface area (Å²) in [7, 11) is 1.34. The maximum atomic E-state index is 13.3. The van der Waals surface area contributed by atoms with Crippen LogP contribution in [-0.4, -0.2) is 31.2 Å². The molecule has 6 rings (SSSR count). The van der Waals surface area contributed by atoms with Gasteiger partial charge in [-0.15, -0.1) is 0 Å². The predicted octanol–water partition coefficient (Wildman–Crippen LogP) is 5.39. The Morgan fingerprint density at radius 1 is 0.971 bits per heavy atom. The summed E-state index contributed by atoms with van der Waals surface area (Å²) < 4.78 is 24.3. The first-order valence-corrected chi connectivity index (χ1v) is 12.6. The van der Waals surface area contributed by atoms with Gasteiger partial charge in [-0.05, 0) is 98.2 Å². The minimum Gasteiger partial charge on any atom is -0.486 e. The summed E-state index contributed by atoms with van der Waals surface area (Å²) >= 11 is 0. The third-order valence-corrected chi connectivity index (χ3v) is 7.90. The number of esters is 1. The molecule has 0 saturated heterocycles. The maximum Gasteiger partial charge on any atom is 0.337 e. The molecule has 7 heteroatoms. The van der Waals surface area contributed by atoms with Crippen molar-refractivity contribution in [2.24, 2.45) is 17.8 Å². The Balaban J connectivity index is 1.21. The van der Waals surface area contributed by atoms with Crippen LogP contribution in [-0.2, 0) is 4.74 Å². The summed E-state index contributed by atoms with van der Waals surface area (Å²) in [5.41, 5.74) is 1.27. The van der Waals surface area contributed by atoms with Crippen molar-refractivity contribution in [3.05, 3.63) is 65.5 Å². The molecular weight excluding hydrogens is 447 g/mol. The summed E-state index contributed by atoms with van der Waals surface area (Å²) in [5, 5.41) is 6.36. The molecule has 4 fully saturated rings. The number of methoxy groups -OCH3 is 1. The van der Waals surface area contributed by atoms with E-state index in [9.17, 15) is 14.0 Å². The lowest BCUT2D eigenvalue weighted by Crippen LogP contribution is -2.61. The lowest BCUT2D eigenvalue weighted by atomic mass is 9.53. The second-order valence-electron chi connectivity index (χ2n) is 10.5. The van der Waals surface area contributed by atoms with E-state index in [4.69, 9.17) is 9.47 Å². The van der Waals surface area contributed by atoms with Crippen molar-refractivity contribution >= 4 is 12.0 Å². The van der Waals surface area contributed by atoms with Crippen LogP contribution in [0.5, 0.6) is 5.75 Å². The molecule has 6 nitrogen and oxygen atoms in total. The first-order chi connectivity index (χ1) is 16.9. The van der Waals surface area contributed by atoms with Gasteiger partial charge in [0.2, 0.25) is 0 Å². The maximum absolute atomic E-state index is 13.3. The van der Waals surface area contributed by atoms with Crippen molar-refractivity contribution in [3.8, 4) is 5.75 Å². The summed E-state index contributed by atoms with van der Waals surface area (Å²) in [6.07, 6.45) is 7.45. The van der Waals surface area contributed by atoms with Gasteiger partial charge < -0.3 is 20.1 Å². The first kappa shape index (κ1) is 23.6. The molecule has 4 bridgehead atoms. The Morgan fingerprint density at radius 3 is 2.14 bits per heavy atom. The molecule has 0 heterocycles. The van der Waals surface area contributed by atoms with Crippen LogP contribution in [0.25, 0.3) is 0 Å². The highest BCUT2D eigenvalue weighted by Gasteiger charge is 2.51. The van der Waals surface area contributed by atoms with Crippen LogP contribution in [0.15, 0.2) is 48.5 Å². The van der Waals surface area contributed by atoms with Gasteiger partial charge in [-0.25, -0.2) is 14.0 Å². The number of carbonyl (C=O) groups excluding carboxylic acids is 2. The monoisotopic (exact) mass is 480 g/mol. The highest BCUT2D eigenvalue weighted by Crippen LogP contribution is 2.55. The average Bonchev–Trinajstić information content (AvgIpc) is 2.83. The molecule has 0 spiro atoms. The van der Waals surface area contributed by atoms with E-state index in [0.29, 0.717) is 24.3 Å². The van der Waals surface area contributed by atoms with Crippen LogP contribution in [0.2, 0.25) is 0 Å². The van der Waals surface area contributed by atoms with Gasteiger partial charge in [-0.1, -0.05) is 12.1 Å². The number of benzene rings is 2. The number of hydrogen-bond acceptors (Lipinski definition) is 4. The molecule has 35 heavy (non-hydrogen) atoms. The zero-order chi connectivity index (χ0) is 24.4. The molecule has 0 radical (unpaired) electrons. The van der Waals surface area contributed by atoms with Gasteiger partial charge >= 0.3 is 12.0 Å².